The van der Waals surface area contributed by atoms with Gasteiger partial charge in [0, 0.05) is 37.2 Å². The van der Waals surface area contributed by atoms with E-state index in [9.17, 15) is 22.4 Å². The quantitative estimate of drug-likeness (QED) is 0.121. The summed E-state index contributed by atoms with van der Waals surface area (Å²) in [6, 6.07) is 17.8. The molecule has 2 atom stereocenters. The second-order valence-corrected chi connectivity index (χ2v) is 9.16. The summed E-state index contributed by atoms with van der Waals surface area (Å²) in [4.78, 5) is 23.9. The second kappa shape index (κ2) is 14.3. The van der Waals surface area contributed by atoms with Crippen molar-refractivity contribution in [3.05, 3.63) is 102 Å². The predicted octanol–water partition coefficient (Wildman–Crippen LogP) is 6.93. The molecule has 0 spiro atoms. The zero-order valence-corrected chi connectivity index (χ0v) is 23.5. The van der Waals surface area contributed by atoms with E-state index in [-0.39, 0.29) is 6.61 Å². The Morgan fingerprint density at radius 3 is 2.07 bits per heavy atom. The number of methoxy groups -OCH3 is 1. The lowest BCUT2D eigenvalue weighted by atomic mass is 9.77. The normalized spacial score (nSPS) is 12.5. The van der Waals surface area contributed by atoms with Crippen molar-refractivity contribution in [3.8, 4) is 17.2 Å². The van der Waals surface area contributed by atoms with Crippen molar-refractivity contribution >= 4 is 17.5 Å². The Labute approximate surface area is 245 Å². The van der Waals surface area contributed by atoms with Crippen LogP contribution in [0, 0.1) is 0 Å². The second-order valence-electron chi connectivity index (χ2n) is 9.16. The van der Waals surface area contributed by atoms with Crippen LogP contribution in [-0.2, 0) is 9.53 Å². The van der Waals surface area contributed by atoms with E-state index >= 15 is 0 Å². The summed E-state index contributed by atoms with van der Waals surface area (Å²) in [5, 5.41) is 0. The van der Waals surface area contributed by atoms with Crippen LogP contribution < -0.4 is 19.1 Å². The Bertz CT molecular complexity index is 1480. The van der Waals surface area contributed by atoms with Crippen molar-refractivity contribution in [1.29, 1.82) is 0 Å². The summed E-state index contributed by atoms with van der Waals surface area (Å²) in [7, 11) is 3.41. The van der Waals surface area contributed by atoms with Gasteiger partial charge in [0.2, 0.25) is 0 Å². The van der Waals surface area contributed by atoms with Gasteiger partial charge in [-0.25, -0.2) is 4.98 Å². The molecule has 226 valence electrons. The molecule has 0 saturated heterocycles. The number of pyridine rings is 2. The number of anilines is 2. The number of rotatable bonds is 13. The number of nitrogens with zero attached hydrogens (tertiary/aromatic N) is 3. The van der Waals surface area contributed by atoms with Gasteiger partial charge < -0.3 is 23.8 Å². The number of benzene rings is 2. The third kappa shape index (κ3) is 7.70. The van der Waals surface area contributed by atoms with Gasteiger partial charge in [0.1, 0.15) is 11.6 Å². The average Bonchev–Trinajstić information content (AvgIpc) is 3.00. The molecule has 2 aromatic carbocycles. The van der Waals surface area contributed by atoms with Crippen LogP contribution in [0.15, 0.2) is 85.3 Å². The maximum Gasteiger partial charge on any atom is 0.387 e. The zero-order chi connectivity index (χ0) is 30.9. The van der Waals surface area contributed by atoms with Gasteiger partial charge in [-0.1, -0.05) is 12.1 Å². The third-order valence-electron chi connectivity index (χ3n) is 6.63. The molecule has 8 nitrogen and oxygen atoms in total. The smallest absolute Gasteiger partial charge is 0.387 e. The van der Waals surface area contributed by atoms with Crippen LogP contribution >= 0.6 is 0 Å². The molecule has 2 unspecified atom stereocenters. The molecule has 0 saturated carbocycles. The first-order valence-corrected chi connectivity index (χ1v) is 13.2. The highest BCUT2D eigenvalue weighted by atomic mass is 19.3. The molecule has 0 amide bonds. The summed E-state index contributed by atoms with van der Waals surface area (Å²) >= 11 is 0. The lowest BCUT2D eigenvalue weighted by Gasteiger charge is -2.28. The first kappa shape index (κ1) is 31.1. The van der Waals surface area contributed by atoms with Gasteiger partial charge in [-0.3, -0.25) is 9.78 Å². The van der Waals surface area contributed by atoms with Crippen LogP contribution in [-0.4, -0.2) is 49.9 Å². The highest BCUT2D eigenvalue weighted by molar-refractivity contribution is 5.80. The van der Waals surface area contributed by atoms with Crippen molar-refractivity contribution in [3.63, 3.8) is 0 Å². The van der Waals surface area contributed by atoms with Crippen LogP contribution in [0.2, 0.25) is 0 Å². The Morgan fingerprint density at radius 1 is 0.837 bits per heavy atom. The van der Waals surface area contributed by atoms with Crippen LogP contribution in [0.25, 0.3) is 0 Å². The van der Waals surface area contributed by atoms with Gasteiger partial charge in [-0.05, 0) is 78.2 Å². The van der Waals surface area contributed by atoms with Crippen molar-refractivity contribution < 1.29 is 41.3 Å². The van der Waals surface area contributed by atoms with Crippen LogP contribution in [0.4, 0.5) is 29.1 Å². The van der Waals surface area contributed by atoms with Gasteiger partial charge in [0.05, 0.1) is 19.6 Å². The number of ether oxygens (including phenoxy) is 4. The van der Waals surface area contributed by atoms with Crippen molar-refractivity contribution in [1.82, 2.24) is 9.97 Å². The highest BCUT2D eigenvalue weighted by Gasteiger charge is 2.35. The van der Waals surface area contributed by atoms with Gasteiger partial charge in [0.15, 0.2) is 11.5 Å². The summed E-state index contributed by atoms with van der Waals surface area (Å²) in [6.45, 7) is -4.85. The maximum atomic E-state index is 13.5. The molecule has 0 aliphatic heterocycles. The van der Waals surface area contributed by atoms with Crippen LogP contribution in [0.5, 0.6) is 17.2 Å². The van der Waals surface area contributed by atoms with E-state index in [1.54, 1.807) is 44.5 Å². The van der Waals surface area contributed by atoms with Crippen molar-refractivity contribution in [2.75, 3.05) is 25.7 Å². The van der Waals surface area contributed by atoms with Gasteiger partial charge in [-0.15, -0.1) is 0 Å². The van der Waals surface area contributed by atoms with Crippen molar-refractivity contribution in [2.24, 2.45) is 0 Å². The molecule has 43 heavy (non-hydrogen) atoms. The maximum absolute atomic E-state index is 13.5. The lowest BCUT2D eigenvalue weighted by molar-refractivity contribution is -0.145. The fourth-order valence-corrected chi connectivity index (χ4v) is 4.66. The number of hydrogen-bond donors (Lipinski definition) is 0. The Hall–Kier alpha value is -4.87. The first-order chi connectivity index (χ1) is 20.7. The number of hydrogen-bond acceptors (Lipinski definition) is 8. The lowest BCUT2D eigenvalue weighted by Crippen LogP contribution is -2.24. The Balaban J connectivity index is 1.83. The van der Waals surface area contributed by atoms with E-state index in [2.05, 4.69) is 19.4 Å². The molecule has 0 aliphatic rings. The average molecular weight is 600 g/mol. The Morgan fingerprint density at radius 2 is 1.49 bits per heavy atom. The molecule has 0 bridgehead atoms. The van der Waals surface area contributed by atoms with E-state index in [1.807, 2.05) is 36.2 Å². The summed E-state index contributed by atoms with van der Waals surface area (Å²) in [6.07, 6.45) is 4.58. The highest BCUT2D eigenvalue weighted by Crippen LogP contribution is 2.43. The summed E-state index contributed by atoms with van der Waals surface area (Å²) in [5.41, 5.74) is 2.18. The van der Waals surface area contributed by atoms with E-state index in [0.29, 0.717) is 28.3 Å². The van der Waals surface area contributed by atoms with E-state index in [1.165, 1.54) is 18.5 Å². The van der Waals surface area contributed by atoms with Gasteiger partial charge >= 0.3 is 19.2 Å². The fourth-order valence-electron chi connectivity index (χ4n) is 4.66. The third-order valence-corrected chi connectivity index (χ3v) is 6.63. The fraction of sp³-hybridized carbons (Fsp3) is 0.258. The number of alkyl halides is 4. The zero-order valence-electron chi connectivity index (χ0n) is 23.5. The van der Waals surface area contributed by atoms with Crippen LogP contribution in [0.3, 0.4) is 0 Å². The monoisotopic (exact) mass is 599 g/mol. The minimum atomic E-state index is -3.32. The molecular formula is C31H29F4N3O5. The minimum absolute atomic E-state index is 0.0812. The number of carbonyl (C=O) groups is 1. The Kier molecular flexibility index (Phi) is 10.4. The summed E-state index contributed by atoms with van der Waals surface area (Å²) in [5.74, 6) is -2.37. The van der Waals surface area contributed by atoms with E-state index in [4.69, 9.17) is 9.47 Å². The van der Waals surface area contributed by atoms with Crippen LogP contribution in [0.1, 0.15) is 35.4 Å². The number of aromatic nitrogens is 2. The SMILES string of the molecule is CCOC(=O)C(c1ccncc1)C(c1ccc(N(C)c2ccc(OC)cc2)nc1)c1ccc(OC(F)F)c(OC(F)F)c1. The molecule has 2 aromatic heterocycles. The topological polar surface area (TPSA) is 83.0 Å². The molecular weight excluding hydrogens is 570 g/mol. The van der Waals surface area contributed by atoms with E-state index in [0.717, 1.165) is 17.8 Å². The molecule has 0 radical (unpaired) electrons. The first-order valence-electron chi connectivity index (χ1n) is 13.2. The predicted molar refractivity (Wildman–Crippen MR) is 150 cm³/mol. The van der Waals surface area contributed by atoms with Gasteiger partial charge in [0.25, 0.3) is 0 Å². The minimum Gasteiger partial charge on any atom is -0.497 e. The molecule has 12 heteroatoms. The van der Waals surface area contributed by atoms with E-state index < -0.39 is 42.5 Å². The standard InChI is InChI=1S/C31H29F4N3O5/c1-4-41-29(39)28(19-13-15-36-16-14-19)27(20-5-11-24(42-30(32)33)25(17-20)43-31(34)35)21-6-12-26(37-18-21)38(2)22-7-9-23(40-3)10-8-22/h5-18,27-28,30-31H,4H2,1-3H3. The number of esters is 1. The van der Waals surface area contributed by atoms with Gasteiger partial charge in [-0.2, -0.15) is 17.6 Å². The molecule has 0 aliphatic carbocycles. The molecule has 4 aromatic rings. The summed E-state index contributed by atoms with van der Waals surface area (Å²) < 4.78 is 72.2. The molecule has 0 fully saturated rings. The molecule has 0 N–H and O–H groups in total. The number of halogens is 4. The largest absolute Gasteiger partial charge is 0.497 e. The molecule has 2 heterocycles. The number of carbonyl (C=O) groups excluding carboxylic acids is 1. The van der Waals surface area contributed by atoms with Crippen molar-refractivity contribution in [2.45, 2.75) is 32.0 Å². The molecule has 4 rings (SSSR count).